The Morgan fingerprint density at radius 3 is 2.40 bits per heavy atom. The van der Waals surface area contributed by atoms with Crippen molar-refractivity contribution in [2.75, 3.05) is 12.8 Å². The van der Waals surface area contributed by atoms with Crippen molar-refractivity contribution in [3.63, 3.8) is 0 Å². The lowest BCUT2D eigenvalue weighted by Gasteiger charge is -1.96. The molecular weight excluding hydrogens is 268 g/mol. The predicted molar refractivity (Wildman–Crippen MR) is 87.4 cm³/mol. The Kier molecular flexibility index (Phi) is 4.58. The van der Waals surface area contributed by atoms with Gasteiger partial charge in [0.1, 0.15) is 10.8 Å². The molecule has 0 fully saturated rings. The zero-order chi connectivity index (χ0) is 14.5. The summed E-state index contributed by atoms with van der Waals surface area (Å²) in [6.07, 6.45) is 0. The molecule has 1 heterocycles. The Morgan fingerprint density at radius 2 is 1.75 bits per heavy atom. The van der Waals surface area contributed by atoms with Crippen LogP contribution in [0.25, 0.3) is 20.8 Å². The van der Waals surface area contributed by atoms with Gasteiger partial charge in [0.15, 0.2) is 0 Å². The molecule has 0 unspecified atom stereocenters. The standard InChI is InChI=1S/C14H12N2OS.C2H6/c1-17-11-6-7-12-13(8-11)18-14(16-12)9-2-4-10(15)5-3-9;1-2/h2-8H,15H2,1H3;1-2H3. The molecule has 20 heavy (non-hydrogen) atoms. The molecule has 0 aliphatic heterocycles. The van der Waals surface area contributed by atoms with Gasteiger partial charge in [0, 0.05) is 11.3 Å². The van der Waals surface area contributed by atoms with E-state index in [0.29, 0.717) is 0 Å². The quantitative estimate of drug-likeness (QED) is 0.701. The van der Waals surface area contributed by atoms with E-state index in [-0.39, 0.29) is 0 Å². The molecule has 104 valence electrons. The first-order valence-electron chi connectivity index (χ1n) is 6.57. The van der Waals surface area contributed by atoms with Gasteiger partial charge in [0.2, 0.25) is 0 Å². The summed E-state index contributed by atoms with van der Waals surface area (Å²) < 4.78 is 6.34. The van der Waals surface area contributed by atoms with Gasteiger partial charge in [-0.05, 0) is 42.5 Å². The number of nitrogens with two attached hydrogens (primary N) is 1. The molecule has 2 N–H and O–H groups in total. The van der Waals surface area contributed by atoms with Crippen molar-refractivity contribution in [1.29, 1.82) is 0 Å². The van der Waals surface area contributed by atoms with Gasteiger partial charge in [-0.25, -0.2) is 4.98 Å². The maximum Gasteiger partial charge on any atom is 0.124 e. The first-order valence-corrected chi connectivity index (χ1v) is 7.38. The predicted octanol–water partition coefficient (Wildman–Crippen LogP) is 4.58. The molecule has 3 aromatic rings. The summed E-state index contributed by atoms with van der Waals surface area (Å²) in [4.78, 5) is 4.61. The van der Waals surface area contributed by atoms with Crippen LogP contribution in [0.2, 0.25) is 0 Å². The molecule has 2 aromatic carbocycles. The highest BCUT2D eigenvalue weighted by atomic mass is 32.1. The third kappa shape index (κ3) is 2.91. The number of hydrogen-bond donors (Lipinski definition) is 1. The van der Waals surface area contributed by atoms with E-state index in [4.69, 9.17) is 10.5 Å². The number of benzene rings is 2. The van der Waals surface area contributed by atoms with Crippen molar-refractivity contribution in [1.82, 2.24) is 4.98 Å². The number of thiazole rings is 1. The Morgan fingerprint density at radius 1 is 1.05 bits per heavy atom. The lowest BCUT2D eigenvalue weighted by Crippen LogP contribution is -1.83. The van der Waals surface area contributed by atoms with E-state index in [2.05, 4.69) is 4.98 Å². The van der Waals surface area contributed by atoms with Crippen LogP contribution in [0.1, 0.15) is 13.8 Å². The summed E-state index contributed by atoms with van der Waals surface area (Å²) in [6, 6.07) is 13.7. The lowest BCUT2D eigenvalue weighted by atomic mass is 10.2. The average Bonchev–Trinajstić information content (AvgIpc) is 2.92. The second kappa shape index (κ2) is 6.39. The smallest absolute Gasteiger partial charge is 0.124 e. The molecule has 0 aliphatic carbocycles. The van der Waals surface area contributed by atoms with Crippen molar-refractivity contribution in [2.24, 2.45) is 0 Å². The minimum atomic E-state index is 0.765. The van der Waals surface area contributed by atoms with Crippen molar-refractivity contribution in [2.45, 2.75) is 13.8 Å². The van der Waals surface area contributed by atoms with Crippen LogP contribution < -0.4 is 10.5 Å². The third-order valence-electron chi connectivity index (χ3n) is 2.75. The molecule has 0 bridgehead atoms. The molecule has 4 heteroatoms. The average molecular weight is 286 g/mol. The van der Waals surface area contributed by atoms with Gasteiger partial charge < -0.3 is 10.5 Å². The number of nitrogens with zero attached hydrogens (tertiary/aromatic N) is 1. The van der Waals surface area contributed by atoms with E-state index in [1.54, 1.807) is 18.4 Å². The fourth-order valence-corrected chi connectivity index (χ4v) is 2.78. The van der Waals surface area contributed by atoms with Crippen LogP contribution in [0.3, 0.4) is 0 Å². The van der Waals surface area contributed by atoms with Gasteiger partial charge in [0.25, 0.3) is 0 Å². The topological polar surface area (TPSA) is 48.1 Å². The fraction of sp³-hybridized carbons (Fsp3) is 0.188. The monoisotopic (exact) mass is 286 g/mol. The highest BCUT2D eigenvalue weighted by Crippen LogP contribution is 2.32. The number of rotatable bonds is 2. The summed E-state index contributed by atoms with van der Waals surface area (Å²) in [6.45, 7) is 4.00. The zero-order valence-electron chi connectivity index (χ0n) is 11.9. The van der Waals surface area contributed by atoms with Gasteiger partial charge >= 0.3 is 0 Å². The number of anilines is 1. The second-order valence-electron chi connectivity index (χ2n) is 3.97. The molecule has 0 amide bonds. The number of fused-ring (bicyclic) bond motifs is 1. The Bertz CT molecular complexity index is 689. The van der Waals surface area contributed by atoms with E-state index in [1.807, 2.05) is 56.3 Å². The molecule has 0 radical (unpaired) electrons. The summed E-state index contributed by atoms with van der Waals surface area (Å²) in [5.41, 5.74) is 8.53. The minimum Gasteiger partial charge on any atom is -0.497 e. The molecule has 3 nitrogen and oxygen atoms in total. The van der Waals surface area contributed by atoms with Gasteiger partial charge in [-0.3, -0.25) is 0 Å². The van der Waals surface area contributed by atoms with Crippen LogP contribution in [-0.4, -0.2) is 12.1 Å². The van der Waals surface area contributed by atoms with Crippen LogP contribution in [0.4, 0.5) is 5.69 Å². The molecule has 0 aliphatic rings. The lowest BCUT2D eigenvalue weighted by molar-refractivity contribution is 0.415. The normalized spacial score (nSPS) is 9.95. The van der Waals surface area contributed by atoms with Crippen LogP contribution in [-0.2, 0) is 0 Å². The number of nitrogen functional groups attached to an aromatic ring is 1. The first kappa shape index (κ1) is 14.3. The SMILES string of the molecule is CC.COc1ccc2nc(-c3ccc(N)cc3)sc2c1. The van der Waals surface area contributed by atoms with E-state index in [0.717, 1.165) is 32.2 Å². The molecular formula is C16H18N2OS. The molecule has 0 saturated heterocycles. The maximum absolute atomic E-state index is 5.68. The molecule has 1 aromatic heterocycles. The molecule has 0 saturated carbocycles. The third-order valence-corrected chi connectivity index (χ3v) is 3.82. The van der Waals surface area contributed by atoms with E-state index >= 15 is 0 Å². The van der Waals surface area contributed by atoms with Crippen LogP contribution in [0.15, 0.2) is 42.5 Å². The van der Waals surface area contributed by atoms with Crippen LogP contribution >= 0.6 is 11.3 Å². The molecule has 0 spiro atoms. The summed E-state index contributed by atoms with van der Waals surface area (Å²) in [7, 11) is 1.67. The molecule has 0 atom stereocenters. The number of aromatic nitrogens is 1. The minimum absolute atomic E-state index is 0.765. The Labute approximate surface area is 123 Å². The van der Waals surface area contributed by atoms with Gasteiger partial charge in [0.05, 0.1) is 17.3 Å². The maximum atomic E-state index is 5.68. The summed E-state index contributed by atoms with van der Waals surface area (Å²) in [5, 5.41) is 0.998. The fourth-order valence-electron chi connectivity index (χ4n) is 1.78. The van der Waals surface area contributed by atoms with Crippen LogP contribution in [0.5, 0.6) is 5.75 Å². The summed E-state index contributed by atoms with van der Waals surface area (Å²) >= 11 is 1.65. The van der Waals surface area contributed by atoms with Gasteiger partial charge in [-0.1, -0.05) is 13.8 Å². The number of ether oxygens (including phenoxy) is 1. The van der Waals surface area contributed by atoms with E-state index in [1.165, 1.54) is 0 Å². The Hall–Kier alpha value is -2.07. The number of methoxy groups -OCH3 is 1. The largest absolute Gasteiger partial charge is 0.497 e. The number of hydrogen-bond acceptors (Lipinski definition) is 4. The van der Waals surface area contributed by atoms with E-state index < -0.39 is 0 Å². The van der Waals surface area contributed by atoms with Crippen molar-refractivity contribution in [3.8, 4) is 16.3 Å². The van der Waals surface area contributed by atoms with E-state index in [9.17, 15) is 0 Å². The van der Waals surface area contributed by atoms with Crippen molar-refractivity contribution in [3.05, 3.63) is 42.5 Å². The highest BCUT2D eigenvalue weighted by molar-refractivity contribution is 7.21. The Balaban J connectivity index is 0.000000704. The highest BCUT2D eigenvalue weighted by Gasteiger charge is 2.06. The second-order valence-corrected chi connectivity index (χ2v) is 5.01. The summed E-state index contributed by atoms with van der Waals surface area (Å²) in [5.74, 6) is 0.856. The first-order chi connectivity index (χ1) is 9.76. The van der Waals surface area contributed by atoms with Crippen molar-refractivity contribution < 1.29 is 4.74 Å². The van der Waals surface area contributed by atoms with Crippen LogP contribution in [0, 0.1) is 0 Å². The van der Waals surface area contributed by atoms with Gasteiger partial charge in [-0.2, -0.15) is 0 Å². The van der Waals surface area contributed by atoms with Gasteiger partial charge in [-0.15, -0.1) is 11.3 Å². The molecule has 3 rings (SSSR count). The van der Waals surface area contributed by atoms with Crippen molar-refractivity contribution >= 4 is 27.2 Å². The zero-order valence-corrected chi connectivity index (χ0v) is 12.7.